The lowest BCUT2D eigenvalue weighted by Crippen LogP contribution is -2.26. The fourth-order valence-corrected chi connectivity index (χ4v) is 12.1. The molecule has 0 saturated heterocycles. The zero-order valence-corrected chi connectivity index (χ0v) is 35.6. The van der Waals surface area contributed by atoms with E-state index in [0.717, 1.165) is 50.1 Å². The van der Waals surface area contributed by atoms with Gasteiger partial charge in [-0.15, -0.1) is 0 Å². The Kier molecular flexibility index (Phi) is 7.13. The zero-order chi connectivity index (χ0) is 42.3. The van der Waals surface area contributed by atoms with Gasteiger partial charge >= 0.3 is 0 Å². The van der Waals surface area contributed by atoms with Crippen LogP contribution in [0, 0.1) is 0 Å². The standard InChI is InChI=1S/C62H41NO/c1-61(2)50-24-12-8-20-44(50)48-31-29-40(36-54(48)61)63(56-34-33-43(38-16-4-3-5-17-38)60-59(56)58-42-19-7-6-18-39(42)28-35-57(58)64-60)41-30-32-49-47-23-11-15-27-53(47)62(55(49)37-41)51-25-13-9-21-45(51)46-22-10-14-26-52(46)62/h3-37H,1-2H3. The molecule has 0 fully saturated rings. The third-order valence-electron chi connectivity index (χ3n) is 14.9. The number of benzene rings is 10. The number of furan rings is 1. The fraction of sp³-hybridized carbons (Fsp3) is 0.0645. The van der Waals surface area contributed by atoms with Gasteiger partial charge in [-0.3, -0.25) is 0 Å². The largest absolute Gasteiger partial charge is 0.455 e. The monoisotopic (exact) mass is 815 g/mol. The van der Waals surface area contributed by atoms with E-state index in [0.29, 0.717) is 0 Å². The summed E-state index contributed by atoms with van der Waals surface area (Å²) in [5.74, 6) is 0. The second kappa shape index (κ2) is 12.8. The Hall–Kier alpha value is -7.94. The molecule has 2 heteroatoms. The topological polar surface area (TPSA) is 16.4 Å². The Morgan fingerprint density at radius 1 is 0.375 bits per heavy atom. The maximum atomic E-state index is 7.10. The molecule has 0 bridgehead atoms. The molecule has 0 unspecified atom stereocenters. The van der Waals surface area contributed by atoms with Crippen molar-refractivity contribution in [2.75, 3.05) is 4.90 Å². The van der Waals surface area contributed by atoms with Gasteiger partial charge in [0.15, 0.2) is 0 Å². The summed E-state index contributed by atoms with van der Waals surface area (Å²) in [5, 5.41) is 4.60. The lowest BCUT2D eigenvalue weighted by molar-refractivity contribution is 0.660. The van der Waals surface area contributed by atoms with Gasteiger partial charge in [0.25, 0.3) is 0 Å². The lowest BCUT2D eigenvalue weighted by Gasteiger charge is -2.33. The number of fused-ring (bicyclic) bond motifs is 18. The average Bonchev–Trinajstić information content (AvgIpc) is 4.05. The summed E-state index contributed by atoms with van der Waals surface area (Å²) in [6.07, 6.45) is 0. The predicted octanol–water partition coefficient (Wildman–Crippen LogP) is 16.5. The van der Waals surface area contributed by atoms with Crippen molar-refractivity contribution in [3.63, 3.8) is 0 Å². The van der Waals surface area contributed by atoms with Crippen molar-refractivity contribution in [2.45, 2.75) is 24.7 Å². The van der Waals surface area contributed by atoms with E-state index in [9.17, 15) is 0 Å². The Bertz CT molecular complexity index is 3710. The van der Waals surface area contributed by atoms with Crippen LogP contribution in [0.4, 0.5) is 17.1 Å². The van der Waals surface area contributed by atoms with Crippen molar-refractivity contribution >= 4 is 49.8 Å². The molecule has 1 aromatic heterocycles. The van der Waals surface area contributed by atoms with Crippen LogP contribution in [-0.2, 0) is 10.8 Å². The van der Waals surface area contributed by atoms with Gasteiger partial charge in [0.1, 0.15) is 11.2 Å². The molecule has 3 aliphatic carbocycles. The molecule has 300 valence electrons. The van der Waals surface area contributed by atoms with Crippen LogP contribution in [0.3, 0.4) is 0 Å². The summed E-state index contributed by atoms with van der Waals surface area (Å²) < 4.78 is 7.10. The van der Waals surface area contributed by atoms with E-state index in [1.165, 1.54) is 77.5 Å². The normalized spacial score (nSPS) is 14.3. The minimum absolute atomic E-state index is 0.181. The SMILES string of the molecule is CC1(C)c2ccccc2-c2ccc(N(c3ccc4c(c3)C3(c5ccccc5-c5ccccc53)c3ccccc3-4)c3ccc(-c4ccccc4)c4oc5ccc6ccccc6c5c34)cc21. The molecule has 0 atom stereocenters. The van der Waals surface area contributed by atoms with Crippen LogP contribution in [0.2, 0.25) is 0 Å². The Balaban J connectivity index is 1.10. The molecule has 1 heterocycles. The quantitative estimate of drug-likeness (QED) is 0.176. The average molecular weight is 816 g/mol. The summed E-state index contributed by atoms with van der Waals surface area (Å²) in [7, 11) is 0. The summed E-state index contributed by atoms with van der Waals surface area (Å²) in [5.41, 5.74) is 22.4. The predicted molar refractivity (Wildman–Crippen MR) is 265 cm³/mol. The van der Waals surface area contributed by atoms with Crippen LogP contribution in [0.15, 0.2) is 217 Å². The van der Waals surface area contributed by atoms with E-state index >= 15 is 0 Å². The summed E-state index contributed by atoms with van der Waals surface area (Å²) in [6, 6.07) is 78.9. The van der Waals surface area contributed by atoms with Crippen LogP contribution in [0.1, 0.15) is 47.2 Å². The van der Waals surface area contributed by atoms with Crippen molar-refractivity contribution in [1.29, 1.82) is 0 Å². The number of hydrogen-bond acceptors (Lipinski definition) is 2. The molecular formula is C62H41NO. The van der Waals surface area contributed by atoms with Crippen molar-refractivity contribution in [1.82, 2.24) is 0 Å². The molecule has 0 aliphatic heterocycles. The van der Waals surface area contributed by atoms with E-state index in [2.05, 4.69) is 231 Å². The van der Waals surface area contributed by atoms with E-state index in [-0.39, 0.29) is 5.41 Å². The Morgan fingerprint density at radius 2 is 0.875 bits per heavy atom. The van der Waals surface area contributed by atoms with E-state index < -0.39 is 5.41 Å². The first-order chi connectivity index (χ1) is 31.5. The first-order valence-electron chi connectivity index (χ1n) is 22.4. The van der Waals surface area contributed by atoms with Gasteiger partial charge in [-0.1, -0.05) is 184 Å². The van der Waals surface area contributed by atoms with Gasteiger partial charge in [0.2, 0.25) is 0 Å². The maximum absolute atomic E-state index is 7.10. The summed E-state index contributed by atoms with van der Waals surface area (Å²) >= 11 is 0. The Labute approximate surface area is 372 Å². The number of hydrogen-bond donors (Lipinski definition) is 0. The van der Waals surface area contributed by atoms with Gasteiger partial charge in [-0.2, -0.15) is 0 Å². The van der Waals surface area contributed by atoms with Crippen LogP contribution in [-0.4, -0.2) is 0 Å². The molecule has 0 radical (unpaired) electrons. The number of rotatable bonds is 4. The third-order valence-corrected chi connectivity index (χ3v) is 14.9. The lowest BCUT2D eigenvalue weighted by atomic mass is 9.70. The molecule has 2 nitrogen and oxygen atoms in total. The zero-order valence-electron chi connectivity index (χ0n) is 35.6. The van der Waals surface area contributed by atoms with Crippen molar-refractivity contribution < 1.29 is 4.42 Å². The van der Waals surface area contributed by atoms with E-state index in [4.69, 9.17) is 4.42 Å². The van der Waals surface area contributed by atoms with Crippen molar-refractivity contribution in [3.8, 4) is 44.5 Å². The highest BCUT2D eigenvalue weighted by molar-refractivity contribution is 6.25. The van der Waals surface area contributed by atoms with Gasteiger partial charge < -0.3 is 9.32 Å². The number of anilines is 3. The fourth-order valence-electron chi connectivity index (χ4n) is 12.1. The van der Waals surface area contributed by atoms with Crippen LogP contribution in [0.25, 0.3) is 77.2 Å². The van der Waals surface area contributed by atoms with Gasteiger partial charge in [0, 0.05) is 27.7 Å². The molecule has 10 aromatic carbocycles. The van der Waals surface area contributed by atoms with E-state index in [1.807, 2.05) is 0 Å². The maximum Gasteiger partial charge on any atom is 0.145 e. The minimum atomic E-state index is -0.479. The smallest absolute Gasteiger partial charge is 0.145 e. The highest BCUT2D eigenvalue weighted by atomic mass is 16.3. The molecule has 0 amide bonds. The summed E-state index contributed by atoms with van der Waals surface area (Å²) in [6.45, 7) is 4.75. The van der Waals surface area contributed by atoms with Gasteiger partial charge in [-0.25, -0.2) is 0 Å². The molecule has 3 aliphatic rings. The summed E-state index contributed by atoms with van der Waals surface area (Å²) in [4.78, 5) is 2.52. The molecule has 11 aromatic rings. The number of nitrogens with zero attached hydrogens (tertiary/aromatic N) is 1. The van der Waals surface area contributed by atoms with Crippen molar-refractivity contribution in [2.24, 2.45) is 0 Å². The minimum Gasteiger partial charge on any atom is -0.455 e. The highest BCUT2D eigenvalue weighted by Crippen LogP contribution is 2.64. The second-order valence-corrected chi connectivity index (χ2v) is 18.3. The van der Waals surface area contributed by atoms with Crippen LogP contribution < -0.4 is 4.90 Å². The van der Waals surface area contributed by atoms with Crippen LogP contribution in [0.5, 0.6) is 0 Å². The molecule has 14 rings (SSSR count). The van der Waals surface area contributed by atoms with E-state index in [1.54, 1.807) is 0 Å². The second-order valence-electron chi connectivity index (χ2n) is 18.3. The highest BCUT2D eigenvalue weighted by Gasteiger charge is 2.51. The Morgan fingerprint density at radius 3 is 1.53 bits per heavy atom. The van der Waals surface area contributed by atoms with Crippen molar-refractivity contribution in [3.05, 3.63) is 246 Å². The third kappa shape index (κ3) is 4.54. The molecule has 64 heavy (non-hydrogen) atoms. The molecule has 0 saturated carbocycles. The van der Waals surface area contributed by atoms with Gasteiger partial charge in [-0.05, 0) is 126 Å². The molecule has 1 spiro atoms. The first kappa shape index (κ1) is 35.6. The van der Waals surface area contributed by atoms with Crippen LogP contribution >= 0.6 is 0 Å². The van der Waals surface area contributed by atoms with Gasteiger partial charge in [0.05, 0.1) is 16.5 Å². The molecule has 0 N–H and O–H groups in total. The molecular weight excluding hydrogens is 775 g/mol. The first-order valence-corrected chi connectivity index (χ1v) is 22.4.